The maximum Gasteiger partial charge on any atom is 0.236 e. The van der Waals surface area contributed by atoms with Crippen molar-refractivity contribution in [2.45, 2.75) is 39.2 Å². The molecule has 0 aliphatic rings. The minimum atomic E-state index is -0.405. The number of nitrogens with one attached hydrogen (secondary N) is 1. The van der Waals surface area contributed by atoms with Crippen LogP contribution < -0.4 is 11.1 Å². The highest BCUT2D eigenvalue weighted by atomic mass is 16.2. The SMILES string of the molecule is CC(C)CCNC(=O)[C@H](N)CCc1ccccc1. The minimum absolute atomic E-state index is 0.0356. The van der Waals surface area contributed by atoms with Crippen LogP contribution in [0.2, 0.25) is 0 Å². The summed E-state index contributed by atoms with van der Waals surface area (Å²) in [6, 6.07) is 9.71. The molecule has 100 valence electrons. The highest BCUT2D eigenvalue weighted by Gasteiger charge is 2.12. The van der Waals surface area contributed by atoms with E-state index in [0.29, 0.717) is 12.3 Å². The quantitative estimate of drug-likeness (QED) is 0.776. The molecule has 0 radical (unpaired) electrons. The second-order valence-electron chi connectivity index (χ2n) is 5.10. The minimum Gasteiger partial charge on any atom is -0.355 e. The largest absolute Gasteiger partial charge is 0.355 e. The number of hydrogen-bond acceptors (Lipinski definition) is 2. The molecular formula is C15H24N2O. The van der Waals surface area contributed by atoms with E-state index in [1.807, 2.05) is 18.2 Å². The van der Waals surface area contributed by atoms with Crippen LogP contribution in [0.15, 0.2) is 30.3 Å². The van der Waals surface area contributed by atoms with Gasteiger partial charge in [-0.15, -0.1) is 0 Å². The van der Waals surface area contributed by atoms with E-state index in [9.17, 15) is 4.79 Å². The van der Waals surface area contributed by atoms with Gasteiger partial charge in [0.15, 0.2) is 0 Å². The van der Waals surface area contributed by atoms with Crippen LogP contribution in [0.5, 0.6) is 0 Å². The van der Waals surface area contributed by atoms with Crippen LogP contribution in [-0.4, -0.2) is 18.5 Å². The smallest absolute Gasteiger partial charge is 0.236 e. The summed E-state index contributed by atoms with van der Waals surface area (Å²) in [7, 11) is 0. The van der Waals surface area contributed by atoms with Gasteiger partial charge in [-0.3, -0.25) is 4.79 Å². The first kappa shape index (κ1) is 14.7. The molecule has 0 fully saturated rings. The third-order valence-electron chi connectivity index (χ3n) is 2.94. The van der Waals surface area contributed by atoms with Gasteiger partial charge in [-0.2, -0.15) is 0 Å². The molecule has 0 spiro atoms. The standard InChI is InChI=1S/C15H24N2O/c1-12(2)10-11-17-15(18)14(16)9-8-13-6-4-3-5-7-13/h3-7,12,14H,8-11,16H2,1-2H3,(H,17,18)/t14-/m1/s1. The molecule has 0 saturated heterocycles. The fraction of sp³-hybridized carbons (Fsp3) is 0.533. The summed E-state index contributed by atoms with van der Waals surface area (Å²) in [5.41, 5.74) is 7.09. The number of hydrogen-bond donors (Lipinski definition) is 2. The summed E-state index contributed by atoms with van der Waals surface area (Å²) >= 11 is 0. The third-order valence-corrected chi connectivity index (χ3v) is 2.94. The van der Waals surface area contributed by atoms with Gasteiger partial charge in [0, 0.05) is 6.54 Å². The normalized spacial score (nSPS) is 12.4. The molecule has 0 aliphatic carbocycles. The van der Waals surface area contributed by atoms with Crippen LogP contribution in [0.1, 0.15) is 32.3 Å². The summed E-state index contributed by atoms with van der Waals surface area (Å²) in [5, 5.41) is 2.89. The molecule has 0 bridgehead atoms. The molecule has 1 amide bonds. The molecule has 0 unspecified atom stereocenters. The fourth-order valence-electron chi connectivity index (χ4n) is 1.71. The van der Waals surface area contributed by atoms with Gasteiger partial charge < -0.3 is 11.1 Å². The summed E-state index contributed by atoms with van der Waals surface area (Å²) in [4.78, 5) is 11.7. The zero-order valence-corrected chi connectivity index (χ0v) is 11.4. The number of benzene rings is 1. The number of nitrogens with two attached hydrogens (primary N) is 1. The van der Waals surface area contributed by atoms with E-state index in [0.717, 1.165) is 19.4 Å². The molecule has 0 aliphatic heterocycles. The molecule has 0 heterocycles. The van der Waals surface area contributed by atoms with Crippen molar-refractivity contribution in [3.63, 3.8) is 0 Å². The van der Waals surface area contributed by atoms with Gasteiger partial charge in [0.2, 0.25) is 5.91 Å². The Bertz CT molecular complexity index is 349. The van der Waals surface area contributed by atoms with Crippen LogP contribution in [0.3, 0.4) is 0 Å². The molecule has 1 aromatic rings. The fourth-order valence-corrected chi connectivity index (χ4v) is 1.71. The molecule has 3 N–H and O–H groups in total. The number of carbonyl (C=O) groups is 1. The zero-order valence-electron chi connectivity index (χ0n) is 11.4. The summed E-state index contributed by atoms with van der Waals surface area (Å²) in [5.74, 6) is 0.567. The Hall–Kier alpha value is -1.35. The van der Waals surface area contributed by atoms with Gasteiger partial charge in [-0.25, -0.2) is 0 Å². The van der Waals surface area contributed by atoms with Gasteiger partial charge in [-0.05, 0) is 30.7 Å². The van der Waals surface area contributed by atoms with E-state index in [-0.39, 0.29) is 5.91 Å². The number of rotatable bonds is 7. The van der Waals surface area contributed by atoms with Crippen molar-refractivity contribution < 1.29 is 4.79 Å². The Balaban J connectivity index is 2.23. The van der Waals surface area contributed by atoms with Crippen LogP contribution >= 0.6 is 0 Å². The van der Waals surface area contributed by atoms with Gasteiger partial charge in [-0.1, -0.05) is 44.2 Å². The van der Waals surface area contributed by atoms with E-state index in [4.69, 9.17) is 5.73 Å². The van der Waals surface area contributed by atoms with Crippen LogP contribution in [-0.2, 0) is 11.2 Å². The Labute approximate surface area is 110 Å². The van der Waals surface area contributed by atoms with E-state index >= 15 is 0 Å². The first-order valence-corrected chi connectivity index (χ1v) is 6.67. The first-order valence-electron chi connectivity index (χ1n) is 6.67. The predicted molar refractivity (Wildman–Crippen MR) is 75.2 cm³/mol. The average molecular weight is 248 g/mol. The average Bonchev–Trinajstić information content (AvgIpc) is 2.36. The molecule has 0 saturated carbocycles. The highest BCUT2D eigenvalue weighted by Crippen LogP contribution is 2.04. The van der Waals surface area contributed by atoms with E-state index in [2.05, 4.69) is 31.3 Å². The second kappa shape index (κ2) is 7.88. The maximum absolute atomic E-state index is 11.7. The monoisotopic (exact) mass is 248 g/mol. The number of carbonyl (C=O) groups excluding carboxylic acids is 1. The summed E-state index contributed by atoms with van der Waals surface area (Å²) in [6.07, 6.45) is 2.54. The van der Waals surface area contributed by atoms with Crippen molar-refractivity contribution in [3.8, 4) is 0 Å². The van der Waals surface area contributed by atoms with E-state index in [1.54, 1.807) is 0 Å². The van der Waals surface area contributed by atoms with Gasteiger partial charge in [0.05, 0.1) is 6.04 Å². The molecule has 1 atom stereocenters. The lowest BCUT2D eigenvalue weighted by Gasteiger charge is -2.13. The third kappa shape index (κ3) is 5.82. The maximum atomic E-state index is 11.7. The van der Waals surface area contributed by atoms with Crippen molar-refractivity contribution in [1.29, 1.82) is 0 Å². The molecule has 1 rings (SSSR count). The second-order valence-corrected chi connectivity index (χ2v) is 5.10. The number of aryl methyl sites for hydroxylation is 1. The van der Waals surface area contributed by atoms with E-state index < -0.39 is 6.04 Å². The topological polar surface area (TPSA) is 55.1 Å². The lowest BCUT2D eigenvalue weighted by atomic mass is 10.1. The lowest BCUT2D eigenvalue weighted by Crippen LogP contribution is -2.41. The van der Waals surface area contributed by atoms with Crippen molar-refractivity contribution in [1.82, 2.24) is 5.32 Å². The van der Waals surface area contributed by atoms with Crippen LogP contribution in [0, 0.1) is 5.92 Å². The first-order chi connectivity index (χ1) is 8.59. The predicted octanol–water partition coefficient (Wildman–Crippen LogP) is 2.11. The molecule has 0 aromatic heterocycles. The van der Waals surface area contributed by atoms with Crippen molar-refractivity contribution in [2.75, 3.05) is 6.54 Å². The van der Waals surface area contributed by atoms with Gasteiger partial charge in [0.1, 0.15) is 0 Å². The van der Waals surface area contributed by atoms with Crippen molar-refractivity contribution in [3.05, 3.63) is 35.9 Å². The molecule has 3 nitrogen and oxygen atoms in total. The summed E-state index contributed by atoms with van der Waals surface area (Å²) < 4.78 is 0. The zero-order chi connectivity index (χ0) is 13.4. The number of amides is 1. The Kier molecular flexibility index (Phi) is 6.44. The molecular weight excluding hydrogens is 224 g/mol. The lowest BCUT2D eigenvalue weighted by molar-refractivity contribution is -0.122. The molecule has 3 heteroatoms. The Morgan fingerprint density at radius 3 is 2.50 bits per heavy atom. The van der Waals surface area contributed by atoms with E-state index in [1.165, 1.54) is 5.56 Å². The molecule has 18 heavy (non-hydrogen) atoms. The highest BCUT2D eigenvalue weighted by molar-refractivity contribution is 5.81. The Morgan fingerprint density at radius 2 is 1.89 bits per heavy atom. The van der Waals surface area contributed by atoms with Gasteiger partial charge in [0.25, 0.3) is 0 Å². The van der Waals surface area contributed by atoms with Crippen LogP contribution in [0.4, 0.5) is 0 Å². The van der Waals surface area contributed by atoms with Crippen LogP contribution in [0.25, 0.3) is 0 Å². The van der Waals surface area contributed by atoms with Gasteiger partial charge >= 0.3 is 0 Å². The molecule has 1 aromatic carbocycles. The Morgan fingerprint density at radius 1 is 1.22 bits per heavy atom. The van der Waals surface area contributed by atoms with Crippen molar-refractivity contribution >= 4 is 5.91 Å². The summed E-state index contributed by atoms with van der Waals surface area (Å²) in [6.45, 7) is 5.00. The van der Waals surface area contributed by atoms with Crippen molar-refractivity contribution in [2.24, 2.45) is 11.7 Å².